The number of hydrogen-bond acceptors (Lipinski definition) is 4. The molecule has 0 aromatic carbocycles. The molecule has 0 bridgehead atoms. The third-order valence-electron chi connectivity index (χ3n) is 2.37. The maximum absolute atomic E-state index is 11.2. The molecule has 0 spiro atoms. The lowest BCUT2D eigenvalue weighted by atomic mass is 10.3. The van der Waals surface area contributed by atoms with Gasteiger partial charge in [0.25, 0.3) is 0 Å². The molecule has 2 aromatic rings. The largest absolute Gasteiger partial charge is 0.271 e. The molecule has 0 fully saturated rings. The maximum atomic E-state index is 11.2. The molecule has 0 saturated carbocycles. The summed E-state index contributed by atoms with van der Waals surface area (Å²) in [5, 5.41) is 4.33. The average molecular weight is 345 g/mol. The van der Waals surface area contributed by atoms with Crippen LogP contribution in [0, 0.1) is 0 Å². The highest BCUT2D eigenvalue weighted by molar-refractivity contribution is 9.10. The van der Waals surface area contributed by atoms with E-state index in [1.54, 1.807) is 17.1 Å². The standard InChI is InChI=1S/C11H13BrN4O2S/c12-9-19(17,18)14-6-8-16-7-4-11(15-16)10-3-1-2-5-13-10/h1-5,7,14H,6,8-9H2. The fraction of sp³-hybridized carbons (Fsp3) is 0.273. The molecule has 0 aliphatic carbocycles. The number of aromatic nitrogens is 3. The monoisotopic (exact) mass is 344 g/mol. The van der Waals surface area contributed by atoms with Crippen LogP contribution in [0.4, 0.5) is 0 Å². The maximum Gasteiger partial charge on any atom is 0.221 e. The molecule has 8 heteroatoms. The van der Waals surface area contributed by atoms with Crippen molar-refractivity contribution < 1.29 is 8.42 Å². The minimum Gasteiger partial charge on any atom is -0.271 e. The van der Waals surface area contributed by atoms with Gasteiger partial charge in [0, 0.05) is 18.9 Å². The molecule has 0 atom stereocenters. The van der Waals surface area contributed by atoms with E-state index in [-0.39, 0.29) is 4.66 Å². The first kappa shape index (κ1) is 14.2. The summed E-state index contributed by atoms with van der Waals surface area (Å²) in [4.78, 5) is 4.20. The molecule has 102 valence electrons. The molecule has 0 radical (unpaired) electrons. The Kier molecular flexibility index (Phi) is 4.67. The molecule has 2 aromatic heterocycles. The van der Waals surface area contributed by atoms with Crippen LogP contribution >= 0.6 is 15.9 Å². The predicted molar refractivity (Wildman–Crippen MR) is 76.2 cm³/mol. The van der Waals surface area contributed by atoms with Crippen LogP contribution in [-0.4, -0.2) is 34.4 Å². The molecule has 0 saturated heterocycles. The Labute approximate surface area is 120 Å². The zero-order chi connectivity index (χ0) is 13.7. The van der Waals surface area contributed by atoms with Crippen LogP contribution in [0.15, 0.2) is 36.7 Å². The summed E-state index contributed by atoms with van der Waals surface area (Å²) in [6, 6.07) is 7.46. The minimum absolute atomic E-state index is 0.0989. The first-order chi connectivity index (χ1) is 9.11. The van der Waals surface area contributed by atoms with Crippen LogP contribution in [0.3, 0.4) is 0 Å². The Balaban J connectivity index is 1.95. The second kappa shape index (κ2) is 6.27. The van der Waals surface area contributed by atoms with Gasteiger partial charge in [-0.05, 0) is 18.2 Å². The topological polar surface area (TPSA) is 76.9 Å². The number of rotatable bonds is 6. The first-order valence-corrected chi connectivity index (χ1v) is 8.36. The van der Waals surface area contributed by atoms with E-state index >= 15 is 0 Å². The third-order valence-corrected chi connectivity index (χ3v) is 5.11. The zero-order valence-electron chi connectivity index (χ0n) is 10.0. The van der Waals surface area contributed by atoms with E-state index in [0.29, 0.717) is 13.1 Å². The van der Waals surface area contributed by atoms with E-state index in [0.717, 1.165) is 11.4 Å². The Morgan fingerprint density at radius 2 is 2.11 bits per heavy atom. The molecule has 6 nitrogen and oxygen atoms in total. The second-order valence-corrected chi connectivity index (χ2v) is 6.91. The van der Waals surface area contributed by atoms with Gasteiger partial charge in [-0.15, -0.1) is 0 Å². The second-order valence-electron chi connectivity index (χ2n) is 3.80. The molecule has 2 heterocycles. The smallest absolute Gasteiger partial charge is 0.221 e. The summed E-state index contributed by atoms with van der Waals surface area (Å²) in [6.45, 7) is 0.774. The Morgan fingerprint density at radius 3 is 2.79 bits per heavy atom. The van der Waals surface area contributed by atoms with Crippen molar-refractivity contribution in [1.29, 1.82) is 0 Å². The highest BCUT2D eigenvalue weighted by atomic mass is 79.9. The van der Waals surface area contributed by atoms with Crippen molar-refractivity contribution in [3.63, 3.8) is 0 Å². The van der Waals surface area contributed by atoms with Crippen LogP contribution in [0.1, 0.15) is 0 Å². The van der Waals surface area contributed by atoms with Crippen molar-refractivity contribution >= 4 is 26.0 Å². The SMILES string of the molecule is O=S(=O)(CBr)NCCn1ccc(-c2ccccn2)n1. The quantitative estimate of drug-likeness (QED) is 0.799. The average Bonchev–Trinajstić information content (AvgIpc) is 2.88. The van der Waals surface area contributed by atoms with Crippen molar-refractivity contribution in [3.8, 4) is 11.4 Å². The predicted octanol–water partition coefficient (Wildman–Crippen LogP) is 1.22. The normalized spacial score (nSPS) is 11.6. The van der Waals surface area contributed by atoms with Crippen molar-refractivity contribution in [1.82, 2.24) is 19.5 Å². The molecule has 0 amide bonds. The van der Waals surface area contributed by atoms with E-state index in [9.17, 15) is 8.42 Å². The molecular formula is C11H13BrN4O2S. The van der Waals surface area contributed by atoms with Gasteiger partial charge in [0.15, 0.2) is 0 Å². The Morgan fingerprint density at radius 1 is 1.26 bits per heavy atom. The van der Waals surface area contributed by atoms with E-state index in [4.69, 9.17) is 0 Å². The van der Waals surface area contributed by atoms with Crippen molar-refractivity contribution in [2.24, 2.45) is 0 Å². The Hall–Kier alpha value is -1.25. The third kappa shape index (κ3) is 4.12. The number of nitrogens with one attached hydrogen (secondary N) is 1. The van der Waals surface area contributed by atoms with Crippen LogP contribution in [0.25, 0.3) is 11.4 Å². The molecule has 0 aliphatic rings. The van der Waals surface area contributed by atoms with E-state index in [2.05, 4.69) is 30.7 Å². The van der Waals surface area contributed by atoms with Gasteiger partial charge in [0.1, 0.15) is 10.4 Å². The molecule has 1 N–H and O–H groups in total. The van der Waals surface area contributed by atoms with E-state index in [1.807, 2.05) is 24.3 Å². The van der Waals surface area contributed by atoms with Crippen molar-refractivity contribution in [3.05, 3.63) is 36.7 Å². The fourth-order valence-corrected chi connectivity index (χ4v) is 2.46. The summed E-state index contributed by atoms with van der Waals surface area (Å²) in [5.41, 5.74) is 1.56. The van der Waals surface area contributed by atoms with Crippen LogP contribution in [0.2, 0.25) is 0 Å². The minimum atomic E-state index is -3.22. The van der Waals surface area contributed by atoms with E-state index in [1.165, 1.54) is 0 Å². The number of sulfonamides is 1. The summed E-state index contributed by atoms with van der Waals surface area (Å²) < 4.78 is 26.5. The van der Waals surface area contributed by atoms with Gasteiger partial charge < -0.3 is 0 Å². The molecular weight excluding hydrogens is 332 g/mol. The summed E-state index contributed by atoms with van der Waals surface area (Å²) in [5.74, 6) is 0. The number of halogens is 1. The van der Waals surface area contributed by atoms with Gasteiger partial charge in [-0.2, -0.15) is 5.10 Å². The highest BCUT2D eigenvalue weighted by Gasteiger charge is 2.07. The number of alkyl halides is 1. The molecule has 2 rings (SSSR count). The first-order valence-electron chi connectivity index (χ1n) is 5.59. The molecule has 19 heavy (non-hydrogen) atoms. The van der Waals surface area contributed by atoms with Gasteiger partial charge in [-0.1, -0.05) is 22.0 Å². The molecule has 0 unspecified atom stereocenters. The van der Waals surface area contributed by atoms with Gasteiger partial charge in [-0.3, -0.25) is 9.67 Å². The summed E-state index contributed by atoms with van der Waals surface area (Å²) in [7, 11) is -3.22. The number of pyridine rings is 1. The van der Waals surface area contributed by atoms with Crippen LogP contribution < -0.4 is 4.72 Å². The van der Waals surface area contributed by atoms with Gasteiger partial charge in [-0.25, -0.2) is 13.1 Å². The Bertz CT molecular complexity index is 627. The van der Waals surface area contributed by atoms with Gasteiger partial charge >= 0.3 is 0 Å². The van der Waals surface area contributed by atoms with Crippen LogP contribution in [0.5, 0.6) is 0 Å². The lowest BCUT2D eigenvalue weighted by Gasteiger charge is -2.03. The van der Waals surface area contributed by atoms with Crippen molar-refractivity contribution in [2.75, 3.05) is 11.2 Å². The highest BCUT2D eigenvalue weighted by Crippen LogP contribution is 2.12. The summed E-state index contributed by atoms with van der Waals surface area (Å²) >= 11 is 2.91. The van der Waals surface area contributed by atoms with Crippen LogP contribution in [-0.2, 0) is 16.6 Å². The number of nitrogens with zero attached hydrogens (tertiary/aromatic N) is 3. The van der Waals surface area contributed by atoms with Gasteiger partial charge in [0.2, 0.25) is 10.0 Å². The fourth-order valence-electron chi connectivity index (χ4n) is 1.49. The molecule has 0 aliphatic heterocycles. The van der Waals surface area contributed by atoms with E-state index < -0.39 is 10.0 Å². The number of hydrogen-bond donors (Lipinski definition) is 1. The summed E-state index contributed by atoms with van der Waals surface area (Å²) in [6.07, 6.45) is 3.50. The lowest BCUT2D eigenvalue weighted by Crippen LogP contribution is -2.28. The van der Waals surface area contributed by atoms with Gasteiger partial charge in [0.05, 0.1) is 12.2 Å². The van der Waals surface area contributed by atoms with Crippen molar-refractivity contribution in [2.45, 2.75) is 6.54 Å². The zero-order valence-corrected chi connectivity index (χ0v) is 12.4. The lowest BCUT2D eigenvalue weighted by molar-refractivity contribution is 0.565.